The molecule has 0 aliphatic heterocycles. The summed E-state index contributed by atoms with van der Waals surface area (Å²) in [4.78, 5) is 29.2. The van der Waals surface area contributed by atoms with E-state index in [1.54, 1.807) is 30.0 Å². The highest BCUT2D eigenvalue weighted by Gasteiger charge is 2.15. The van der Waals surface area contributed by atoms with Crippen LogP contribution in [0.1, 0.15) is 22.0 Å². The van der Waals surface area contributed by atoms with E-state index in [2.05, 4.69) is 15.3 Å². The second kappa shape index (κ2) is 6.75. The highest BCUT2D eigenvalue weighted by molar-refractivity contribution is 7.98. The van der Waals surface area contributed by atoms with Crippen LogP contribution in [0, 0.1) is 0 Å². The maximum atomic E-state index is 12.5. The fourth-order valence-corrected chi connectivity index (χ4v) is 3.10. The Hall–Kier alpha value is -2.47. The van der Waals surface area contributed by atoms with Crippen molar-refractivity contribution >= 4 is 28.7 Å². The Labute approximate surface area is 137 Å². The van der Waals surface area contributed by atoms with Gasteiger partial charge in [-0.15, -0.1) is 0 Å². The standard InChI is InChI=1S/C17H17N3O2S/c1-23-10-15(11-5-3-2-4-6-11)18-16(21)12-7-8-13-14(9-12)20-17(22)19-13/h2-9,15H,10H2,1H3,(H,18,21)(H2,19,20,22)/t15-/m0/s1. The third kappa shape index (κ3) is 3.48. The summed E-state index contributed by atoms with van der Waals surface area (Å²) in [5, 5.41) is 3.06. The number of nitrogens with one attached hydrogen (secondary N) is 3. The smallest absolute Gasteiger partial charge is 0.323 e. The van der Waals surface area contributed by atoms with E-state index in [4.69, 9.17) is 0 Å². The van der Waals surface area contributed by atoms with E-state index in [0.717, 1.165) is 11.3 Å². The van der Waals surface area contributed by atoms with Gasteiger partial charge in [-0.1, -0.05) is 30.3 Å². The van der Waals surface area contributed by atoms with Crippen molar-refractivity contribution in [2.24, 2.45) is 0 Å². The molecule has 3 aromatic rings. The van der Waals surface area contributed by atoms with Gasteiger partial charge in [0.05, 0.1) is 17.1 Å². The highest BCUT2D eigenvalue weighted by atomic mass is 32.2. The van der Waals surface area contributed by atoms with Crippen molar-refractivity contribution in [3.8, 4) is 0 Å². The van der Waals surface area contributed by atoms with Crippen molar-refractivity contribution in [1.29, 1.82) is 0 Å². The summed E-state index contributed by atoms with van der Waals surface area (Å²) in [6.07, 6.45) is 2.01. The number of hydrogen-bond acceptors (Lipinski definition) is 3. The average molecular weight is 327 g/mol. The third-order valence-electron chi connectivity index (χ3n) is 3.62. The molecule has 0 unspecified atom stereocenters. The molecule has 6 heteroatoms. The largest absolute Gasteiger partial charge is 0.344 e. The van der Waals surface area contributed by atoms with Crippen LogP contribution >= 0.6 is 11.8 Å². The number of imidazole rings is 1. The summed E-state index contributed by atoms with van der Waals surface area (Å²) in [6.45, 7) is 0. The first-order valence-corrected chi connectivity index (χ1v) is 8.63. The molecule has 2 aromatic carbocycles. The molecule has 3 rings (SSSR count). The number of aromatic nitrogens is 2. The summed E-state index contributed by atoms with van der Waals surface area (Å²) in [6, 6.07) is 15.0. The zero-order valence-electron chi connectivity index (χ0n) is 12.6. The molecule has 1 heterocycles. The Morgan fingerprint density at radius 3 is 2.61 bits per heavy atom. The number of hydrogen-bond donors (Lipinski definition) is 3. The van der Waals surface area contributed by atoms with Gasteiger partial charge in [-0.2, -0.15) is 11.8 Å². The molecule has 0 bridgehead atoms. The fourth-order valence-electron chi connectivity index (χ4n) is 2.49. The van der Waals surface area contributed by atoms with Crippen molar-refractivity contribution in [3.05, 3.63) is 70.1 Å². The molecule has 0 aliphatic rings. The van der Waals surface area contributed by atoms with Crippen LogP contribution in [0.15, 0.2) is 53.3 Å². The molecule has 0 radical (unpaired) electrons. The van der Waals surface area contributed by atoms with Crippen molar-refractivity contribution in [2.45, 2.75) is 6.04 Å². The van der Waals surface area contributed by atoms with E-state index >= 15 is 0 Å². The molecular weight excluding hydrogens is 310 g/mol. The molecule has 5 nitrogen and oxygen atoms in total. The van der Waals surface area contributed by atoms with Crippen molar-refractivity contribution < 1.29 is 4.79 Å². The van der Waals surface area contributed by atoms with Crippen molar-refractivity contribution in [2.75, 3.05) is 12.0 Å². The predicted molar refractivity (Wildman–Crippen MR) is 94.0 cm³/mol. The number of amides is 1. The number of benzene rings is 2. The maximum Gasteiger partial charge on any atom is 0.323 e. The monoisotopic (exact) mass is 327 g/mol. The lowest BCUT2D eigenvalue weighted by atomic mass is 10.1. The van der Waals surface area contributed by atoms with Crippen LogP contribution in [0.4, 0.5) is 0 Å². The molecule has 0 saturated carbocycles. The minimum absolute atomic E-state index is 0.0559. The van der Waals surface area contributed by atoms with Crippen LogP contribution in [0.2, 0.25) is 0 Å². The summed E-state index contributed by atoms with van der Waals surface area (Å²) in [5.74, 6) is 0.635. The maximum absolute atomic E-state index is 12.5. The zero-order valence-corrected chi connectivity index (χ0v) is 13.4. The molecule has 0 aliphatic carbocycles. The Balaban J connectivity index is 1.83. The van der Waals surface area contributed by atoms with E-state index in [9.17, 15) is 9.59 Å². The second-order valence-corrected chi connectivity index (χ2v) is 6.14. The van der Waals surface area contributed by atoms with Gasteiger partial charge in [-0.25, -0.2) is 4.79 Å². The van der Waals surface area contributed by atoms with E-state index < -0.39 is 0 Å². The predicted octanol–water partition coefficient (Wildman–Crippen LogP) is 2.69. The molecule has 1 aromatic heterocycles. The van der Waals surface area contributed by atoms with Gasteiger partial charge in [-0.3, -0.25) is 4.79 Å². The van der Waals surface area contributed by atoms with E-state index in [-0.39, 0.29) is 17.6 Å². The summed E-state index contributed by atoms with van der Waals surface area (Å²) in [7, 11) is 0. The van der Waals surface area contributed by atoms with Gasteiger partial charge in [-0.05, 0) is 30.0 Å². The minimum atomic E-state index is -0.276. The molecule has 1 atom stereocenters. The third-order valence-corrected chi connectivity index (χ3v) is 4.29. The normalized spacial score (nSPS) is 12.2. The van der Waals surface area contributed by atoms with Gasteiger partial charge >= 0.3 is 5.69 Å². The Morgan fingerprint density at radius 2 is 1.87 bits per heavy atom. The lowest BCUT2D eigenvalue weighted by Gasteiger charge is -2.18. The van der Waals surface area contributed by atoms with Crippen LogP contribution in [0.5, 0.6) is 0 Å². The van der Waals surface area contributed by atoms with Crippen LogP contribution in [0.25, 0.3) is 11.0 Å². The van der Waals surface area contributed by atoms with Crippen LogP contribution < -0.4 is 11.0 Å². The fraction of sp³-hybridized carbons (Fsp3) is 0.176. The van der Waals surface area contributed by atoms with Gasteiger partial charge in [0.15, 0.2) is 0 Å². The SMILES string of the molecule is CSC[C@H](NC(=O)c1ccc2[nH]c(=O)[nH]c2c1)c1ccccc1. The number of fused-ring (bicyclic) bond motifs is 1. The van der Waals surface area contributed by atoms with E-state index in [1.807, 2.05) is 36.6 Å². The van der Waals surface area contributed by atoms with Crippen LogP contribution in [-0.2, 0) is 0 Å². The molecule has 118 valence electrons. The van der Waals surface area contributed by atoms with Crippen molar-refractivity contribution in [1.82, 2.24) is 15.3 Å². The zero-order chi connectivity index (χ0) is 16.2. The van der Waals surface area contributed by atoms with Crippen molar-refractivity contribution in [3.63, 3.8) is 0 Å². The first-order valence-electron chi connectivity index (χ1n) is 7.24. The number of carbonyl (C=O) groups is 1. The first kappa shape index (κ1) is 15.4. The lowest BCUT2D eigenvalue weighted by Crippen LogP contribution is -2.30. The highest BCUT2D eigenvalue weighted by Crippen LogP contribution is 2.18. The van der Waals surface area contributed by atoms with E-state index in [0.29, 0.717) is 16.6 Å². The minimum Gasteiger partial charge on any atom is -0.344 e. The number of thioether (sulfide) groups is 1. The molecular formula is C17H17N3O2S. The van der Waals surface area contributed by atoms with E-state index in [1.165, 1.54) is 0 Å². The Kier molecular flexibility index (Phi) is 4.52. The molecule has 3 N–H and O–H groups in total. The molecule has 0 saturated heterocycles. The van der Waals surface area contributed by atoms with Gasteiger partial charge < -0.3 is 15.3 Å². The van der Waals surface area contributed by atoms with Crippen LogP contribution in [0.3, 0.4) is 0 Å². The summed E-state index contributed by atoms with van der Waals surface area (Å²) in [5.41, 5.74) is 2.64. The average Bonchev–Trinajstić information content (AvgIpc) is 2.94. The number of carbonyl (C=O) groups excluding carboxylic acids is 1. The Morgan fingerprint density at radius 1 is 1.13 bits per heavy atom. The topological polar surface area (TPSA) is 77.8 Å². The van der Waals surface area contributed by atoms with Gasteiger partial charge in [0.25, 0.3) is 5.91 Å². The molecule has 0 fully saturated rings. The molecule has 23 heavy (non-hydrogen) atoms. The van der Waals surface area contributed by atoms with Gasteiger partial charge in [0.1, 0.15) is 0 Å². The molecule has 0 spiro atoms. The van der Waals surface area contributed by atoms with Gasteiger partial charge in [0.2, 0.25) is 0 Å². The summed E-state index contributed by atoms with van der Waals surface area (Å²) >= 11 is 1.68. The quantitative estimate of drug-likeness (QED) is 0.674. The Bertz CT molecular complexity index is 870. The number of rotatable bonds is 5. The molecule has 1 amide bonds. The number of aromatic amines is 2. The summed E-state index contributed by atoms with van der Waals surface area (Å²) < 4.78 is 0. The second-order valence-electron chi connectivity index (χ2n) is 5.23. The van der Waals surface area contributed by atoms with Gasteiger partial charge in [0, 0.05) is 11.3 Å². The lowest BCUT2D eigenvalue weighted by molar-refractivity contribution is 0.0940. The first-order chi connectivity index (χ1) is 11.2. The van der Waals surface area contributed by atoms with Crippen LogP contribution in [-0.4, -0.2) is 27.9 Å². The number of H-pyrrole nitrogens is 2.